The van der Waals surface area contributed by atoms with Gasteiger partial charge in [0.2, 0.25) is 12.1 Å². The number of aliphatic hydroxyl groups is 2. The van der Waals surface area contributed by atoms with Crippen molar-refractivity contribution in [3.8, 4) is 0 Å². The van der Waals surface area contributed by atoms with Gasteiger partial charge in [0, 0.05) is 42.9 Å². The topological polar surface area (TPSA) is 121 Å². The maximum atomic E-state index is 14.2. The van der Waals surface area contributed by atoms with E-state index in [0.717, 1.165) is 24.0 Å². The van der Waals surface area contributed by atoms with Crippen LogP contribution in [0, 0.1) is 28.6 Å². The lowest BCUT2D eigenvalue weighted by molar-refractivity contribution is -0.459. The number of hydrogen-bond acceptors (Lipinski definition) is 9. The predicted molar refractivity (Wildman–Crippen MR) is 136 cm³/mol. The number of Topliss-reactive ketones (excluding diaryl/α,β-unsaturated/α-hetero) is 1. The molecule has 4 aliphatic carbocycles. The van der Waals surface area contributed by atoms with Crippen LogP contribution in [0.2, 0.25) is 0 Å². The Morgan fingerprint density at radius 2 is 1.87 bits per heavy atom. The van der Waals surface area contributed by atoms with Crippen molar-refractivity contribution in [3.05, 3.63) is 23.3 Å². The summed E-state index contributed by atoms with van der Waals surface area (Å²) in [6.07, 6.45) is 5.29. The molecule has 0 spiro atoms. The van der Waals surface area contributed by atoms with Crippen LogP contribution in [0.15, 0.2) is 23.3 Å². The number of hydrogen-bond donors (Lipinski definition) is 2. The molecule has 5 fully saturated rings. The highest BCUT2D eigenvalue weighted by Gasteiger charge is 2.70. The van der Waals surface area contributed by atoms with Gasteiger partial charge in [0.15, 0.2) is 0 Å². The Labute approximate surface area is 228 Å². The van der Waals surface area contributed by atoms with E-state index < -0.39 is 40.7 Å². The van der Waals surface area contributed by atoms with Crippen LogP contribution in [0.3, 0.4) is 0 Å². The van der Waals surface area contributed by atoms with Gasteiger partial charge in [-0.05, 0) is 61.9 Å². The number of rotatable bonds is 2. The Morgan fingerprint density at radius 3 is 2.59 bits per heavy atom. The molecule has 9 heteroatoms. The van der Waals surface area contributed by atoms with E-state index in [0.29, 0.717) is 25.7 Å². The lowest BCUT2D eigenvalue weighted by Crippen LogP contribution is -2.71. The van der Waals surface area contributed by atoms with Crippen LogP contribution < -0.4 is 0 Å². The number of ketones is 1. The van der Waals surface area contributed by atoms with Crippen LogP contribution in [-0.2, 0) is 33.3 Å². The summed E-state index contributed by atoms with van der Waals surface area (Å²) < 4.78 is 29.6. The third kappa shape index (κ3) is 3.40. The highest BCUT2D eigenvalue weighted by atomic mass is 16.8. The fourth-order valence-electron chi connectivity index (χ4n) is 9.77. The fraction of sp³-hybridized carbons (Fsp3) is 0.800. The quantitative estimate of drug-likeness (QED) is 0.399. The third-order valence-corrected chi connectivity index (χ3v) is 11.7. The van der Waals surface area contributed by atoms with E-state index in [4.69, 9.17) is 23.7 Å². The Bertz CT molecular complexity index is 1160. The van der Waals surface area contributed by atoms with E-state index in [-0.39, 0.29) is 54.7 Å². The molecule has 2 saturated heterocycles. The summed E-state index contributed by atoms with van der Waals surface area (Å²) >= 11 is 0. The van der Waals surface area contributed by atoms with Crippen molar-refractivity contribution >= 4 is 11.8 Å². The van der Waals surface area contributed by atoms with Crippen molar-refractivity contribution in [3.63, 3.8) is 0 Å². The summed E-state index contributed by atoms with van der Waals surface area (Å²) in [7, 11) is 1.56. The van der Waals surface area contributed by atoms with Crippen LogP contribution in [0.5, 0.6) is 0 Å². The SMILES string of the molecule is COC1CC(C)OC2OC3CC4CCC5C(C(=O)CC6(C)C(C7=CC(=O)OC7)=CCC56O)C4(C)CC3OC12O. The molecule has 0 radical (unpaired) electrons. The zero-order valence-electron chi connectivity index (χ0n) is 23.2. The van der Waals surface area contributed by atoms with E-state index in [2.05, 4.69) is 6.92 Å². The minimum Gasteiger partial charge on any atom is -0.458 e. The van der Waals surface area contributed by atoms with Crippen LogP contribution in [-0.4, -0.2) is 77.8 Å². The van der Waals surface area contributed by atoms with Gasteiger partial charge in [-0.15, -0.1) is 0 Å². The van der Waals surface area contributed by atoms with Gasteiger partial charge in [0.25, 0.3) is 0 Å². The molecule has 0 aromatic rings. The standard InChI is InChI=1S/C30H40O9/c1-15-9-23(35-4)30(34)26(37-15)38-21-11-17-5-6-19-25(27(17,2)13-22(21)39-30)20(31)12-28(3)18(7-8-29(19,28)33)16-10-24(32)36-14-16/h7,10,15,17,19,21-23,25-26,33-34H,5-6,8-9,11-14H2,1-4H3. The molecule has 7 aliphatic rings. The molecular formula is C30H40O9. The number of carbonyl (C=O) groups excluding carboxylic acids is 2. The van der Waals surface area contributed by atoms with Gasteiger partial charge in [-0.1, -0.05) is 19.9 Å². The Hall–Kier alpha value is -1.62. The van der Waals surface area contributed by atoms with Crippen molar-refractivity contribution in [2.75, 3.05) is 13.7 Å². The van der Waals surface area contributed by atoms with E-state index in [1.165, 1.54) is 6.08 Å². The summed E-state index contributed by atoms with van der Waals surface area (Å²) in [4.78, 5) is 26.0. The molecule has 214 valence electrons. The Balaban J connectivity index is 1.19. The lowest BCUT2D eigenvalue weighted by atomic mass is 9.42. The molecule has 3 aliphatic heterocycles. The molecule has 39 heavy (non-hydrogen) atoms. The second-order valence-electron chi connectivity index (χ2n) is 13.6. The van der Waals surface area contributed by atoms with Crippen LogP contribution in [0.1, 0.15) is 65.7 Å². The van der Waals surface area contributed by atoms with Gasteiger partial charge in [-0.2, -0.15) is 0 Å². The molecule has 3 heterocycles. The second kappa shape index (κ2) is 8.46. The number of fused-ring (bicyclic) bond motifs is 7. The number of carbonyl (C=O) groups is 2. The van der Waals surface area contributed by atoms with Gasteiger partial charge in [-0.25, -0.2) is 4.79 Å². The monoisotopic (exact) mass is 544 g/mol. The van der Waals surface area contributed by atoms with Gasteiger partial charge in [0.05, 0.1) is 23.9 Å². The Morgan fingerprint density at radius 1 is 1.08 bits per heavy atom. The van der Waals surface area contributed by atoms with Crippen molar-refractivity contribution in [1.29, 1.82) is 0 Å². The van der Waals surface area contributed by atoms with Crippen molar-refractivity contribution in [2.45, 2.75) is 108 Å². The number of ether oxygens (including phenoxy) is 5. The van der Waals surface area contributed by atoms with Gasteiger partial charge < -0.3 is 33.9 Å². The summed E-state index contributed by atoms with van der Waals surface area (Å²) in [6.45, 7) is 6.28. The molecule has 9 nitrogen and oxygen atoms in total. The van der Waals surface area contributed by atoms with Gasteiger partial charge in [-0.3, -0.25) is 4.79 Å². The molecule has 2 N–H and O–H groups in total. The minimum absolute atomic E-state index is 0.130. The molecule has 12 atom stereocenters. The number of cyclic esters (lactones) is 1. The molecule has 7 rings (SSSR count). The molecule has 0 amide bonds. The molecule has 0 bridgehead atoms. The predicted octanol–water partition coefficient (Wildman–Crippen LogP) is 2.57. The molecule has 3 saturated carbocycles. The first kappa shape index (κ1) is 26.3. The van der Waals surface area contributed by atoms with Crippen LogP contribution in [0.4, 0.5) is 0 Å². The number of methoxy groups -OCH3 is 1. The fourth-order valence-corrected chi connectivity index (χ4v) is 9.77. The van der Waals surface area contributed by atoms with Gasteiger partial charge in [0.1, 0.15) is 18.5 Å². The minimum atomic E-state index is -1.72. The van der Waals surface area contributed by atoms with Crippen LogP contribution >= 0.6 is 0 Å². The maximum Gasteiger partial charge on any atom is 0.331 e. The average molecular weight is 545 g/mol. The summed E-state index contributed by atoms with van der Waals surface area (Å²) in [5, 5.41) is 24.0. The van der Waals surface area contributed by atoms with Crippen LogP contribution in [0.25, 0.3) is 0 Å². The summed E-state index contributed by atoms with van der Waals surface area (Å²) in [5.74, 6) is -2.24. The highest BCUT2D eigenvalue weighted by molar-refractivity contribution is 5.89. The average Bonchev–Trinajstić information content (AvgIpc) is 3.41. The van der Waals surface area contributed by atoms with Crippen molar-refractivity contribution in [1.82, 2.24) is 0 Å². The smallest absolute Gasteiger partial charge is 0.331 e. The largest absolute Gasteiger partial charge is 0.458 e. The first-order chi connectivity index (χ1) is 18.4. The normalized spacial score (nSPS) is 54.4. The zero-order chi connectivity index (χ0) is 27.5. The van der Waals surface area contributed by atoms with E-state index in [1.807, 2.05) is 19.9 Å². The first-order valence-corrected chi connectivity index (χ1v) is 14.5. The summed E-state index contributed by atoms with van der Waals surface area (Å²) in [6, 6.07) is 0. The Kier molecular flexibility index (Phi) is 5.70. The molecule has 0 aromatic carbocycles. The lowest BCUT2D eigenvalue weighted by Gasteiger charge is -2.64. The van der Waals surface area contributed by atoms with Crippen molar-refractivity contribution in [2.24, 2.45) is 28.6 Å². The molecular weight excluding hydrogens is 504 g/mol. The first-order valence-electron chi connectivity index (χ1n) is 14.5. The maximum absolute atomic E-state index is 14.2. The molecule has 0 aromatic heterocycles. The van der Waals surface area contributed by atoms with E-state index in [9.17, 15) is 19.8 Å². The zero-order valence-corrected chi connectivity index (χ0v) is 23.2. The van der Waals surface area contributed by atoms with E-state index in [1.54, 1.807) is 7.11 Å². The van der Waals surface area contributed by atoms with E-state index >= 15 is 0 Å². The van der Waals surface area contributed by atoms with Crippen molar-refractivity contribution < 1.29 is 43.5 Å². The highest BCUT2D eigenvalue weighted by Crippen LogP contribution is 2.68. The second-order valence-corrected chi connectivity index (χ2v) is 13.6. The third-order valence-electron chi connectivity index (χ3n) is 11.7. The number of esters is 1. The molecule has 12 unspecified atom stereocenters. The summed E-state index contributed by atoms with van der Waals surface area (Å²) in [5.41, 5.74) is -0.601. The van der Waals surface area contributed by atoms with Gasteiger partial charge >= 0.3 is 5.97 Å².